The van der Waals surface area contributed by atoms with Crippen LogP contribution >= 0.6 is 0 Å². The minimum atomic E-state index is -0.252. The standard InChI is InChI=1S/C14H23NO3/c1-10(15-11(2)14(17-4)18-5)12-7-6-8-13(9-12)16-3/h6-11,14-15H,1-5H3/t10-,11?/m0/s1. The monoisotopic (exact) mass is 253 g/mol. The summed E-state index contributed by atoms with van der Waals surface area (Å²) in [5.41, 5.74) is 1.17. The first-order chi connectivity index (χ1) is 8.62. The molecule has 0 aliphatic rings. The minimum absolute atomic E-state index is 0.0983. The molecule has 102 valence electrons. The molecule has 1 aromatic carbocycles. The van der Waals surface area contributed by atoms with Gasteiger partial charge in [-0.25, -0.2) is 0 Å². The summed E-state index contributed by atoms with van der Waals surface area (Å²) in [5.74, 6) is 0.865. The Hall–Kier alpha value is -1.10. The first-order valence-electron chi connectivity index (χ1n) is 6.08. The fraction of sp³-hybridized carbons (Fsp3) is 0.571. The fourth-order valence-corrected chi connectivity index (χ4v) is 1.98. The van der Waals surface area contributed by atoms with Gasteiger partial charge in [-0.3, -0.25) is 0 Å². The fourth-order valence-electron chi connectivity index (χ4n) is 1.98. The summed E-state index contributed by atoms with van der Waals surface area (Å²) in [6, 6.07) is 8.32. The summed E-state index contributed by atoms with van der Waals surface area (Å²) in [6.07, 6.45) is -0.252. The van der Waals surface area contributed by atoms with E-state index in [-0.39, 0.29) is 18.4 Å². The largest absolute Gasteiger partial charge is 0.497 e. The Labute approximate surface area is 109 Å². The van der Waals surface area contributed by atoms with Gasteiger partial charge < -0.3 is 19.5 Å². The molecule has 18 heavy (non-hydrogen) atoms. The topological polar surface area (TPSA) is 39.7 Å². The van der Waals surface area contributed by atoms with Crippen LogP contribution in [0.2, 0.25) is 0 Å². The zero-order valence-corrected chi connectivity index (χ0v) is 11.8. The molecule has 0 saturated carbocycles. The van der Waals surface area contributed by atoms with Crippen molar-refractivity contribution in [2.24, 2.45) is 0 Å². The highest BCUT2D eigenvalue weighted by Crippen LogP contribution is 2.19. The number of ether oxygens (including phenoxy) is 3. The third-order valence-corrected chi connectivity index (χ3v) is 2.98. The minimum Gasteiger partial charge on any atom is -0.497 e. The van der Waals surface area contributed by atoms with Gasteiger partial charge in [-0.1, -0.05) is 12.1 Å². The van der Waals surface area contributed by atoms with E-state index < -0.39 is 0 Å². The second-order valence-electron chi connectivity index (χ2n) is 4.29. The molecule has 1 unspecified atom stereocenters. The van der Waals surface area contributed by atoms with Crippen molar-refractivity contribution >= 4 is 0 Å². The summed E-state index contributed by atoms with van der Waals surface area (Å²) >= 11 is 0. The molecule has 0 bridgehead atoms. The predicted molar refractivity (Wildman–Crippen MR) is 71.8 cm³/mol. The van der Waals surface area contributed by atoms with E-state index in [1.807, 2.05) is 25.1 Å². The van der Waals surface area contributed by atoms with Crippen molar-refractivity contribution in [1.82, 2.24) is 5.32 Å². The van der Waals surface area contributed by atoms with E-state index in [4.69, 9.17) is 14.2 Å². The average molecular weight is 253 g/mol. The molecule has 4 heteroatoms. The van der Waals surface area contributed by atoms with Gasteiger partial charge in [-0.05, 0) is 31.5 Å². The van der Waals surface area contributed by atoms with E-state index in [1.54, 1.807) is 21.3 Å². The van der Waals surface area contributed by atoms with Gasteiger partial charge in [-0.2, -0.15) is 0 Å². The van der Waals surface area contributed by atoms with Gasteiger partial charge in [-0.15, -0.1) is 0 Å². The zero-order valence-electron chi connectivity index (χ0n) is 11.8. The lowest BCUT2D eigenvalue weighted by Gasteiger charge is -2.26. The van der Waals surface area contributed by atoms with Crippen LogP contribution in [0.15, 0.2) is 24.3 Å². The van der Waals surface area contributed by atoms with E-state index in [0.717, 1.165) is 5.75 Å². The molecular weight excluding hydrogens is 230 g/mol. The summed E-state index contributed by atoms with van der Waals surface area (Å²) < 4.78 is 15.7. The Balaban J connectivity index is 2.66. The summed E-state index contributed by atoms with van der Waals surface area (Å²) in [4.78, 5) is 0. The Morgan fingerprint density at radius 3 is 2.28 bits per heavy atom. The number of hydrogen-bond acceptors (Lipinski definition) is 4. The molecule has 0 aromatic heterocycles. The number of nitrogens with one attached hydrogen (secondary N) is 1. The molecule has 0 spiro atoms. The molecule has 2 atom stereocenters. The molecule has 0 aliphatic heterocycles. The van der Waals surface area contributed by atoms with Crippen LogP contribution in [0.25, 0.3) is 0 Å². The van der Waals surface area contributed by atoms with Gasteiger partial charge in [0.1, 0.15) is 5.75 Å². The molecule has 1 rings (SSSR count). The number of methoxy groups -OCH3 is 3. The Bertz CT molecular complexity index is 353. The first-order valence-corrected chi connectivity index (χ1v) is 6.08. The molecule has 0 fully saturated rings. The van der Waals surface area contributed by atoms with Crippen LogP contribution in [0.4, 0.5) is 0 Å². The van der Waals surface area contributed by atoms with Crippen molar-refractivity contribution in [2.45, 2.75) is 32.2 Å². The normalized spacial score (nSPS) is 14.6. The maximum atomic E-state index is 5.23. The van der Waals surface area contributed by atoms with Gasteiger partial charge in [0.2, 0.25) is 0 Å². The van der Waals surface area contributed by atoms with Crippen molar-refractivity contribution in [3.8, 4) is 5.75 Å². The Morgan fingerprint density at radius 2 is 1.72 bits per heavy atom. The SMILES string of the molecule is COc1cccc([C@H](C)NC(C)C(OC)OC)c1. The van der Waals surface area contributed by atoms with E-state index in [9.17, 15) is 0 Å². The smallest absolute Gasteiger partial charge is 0.171 e. The maximum Gasteiger partial charge on any atom is 0.171 e. The number of rotatable bonds is 7. The predicted octanol–water partition coefficient (Wildman–Crippen LogP) is 2.35. The highest BCUT2D eigenvalue weighted by atomic mass is 16.7. The molecule has 0 radical (unpaired) electrons. The van der Waals surface area contributed by atoms with Crippen molar-refractivity contribution in [3.63, 3.8) is 0 Å². The van der Waals surface area contributed by atoms with E-state index in [2.05, 4.69) is 18.3 Å². The van der Waals surface area contributed by atoms with Crippen molar-refractivity contribution in [2.75, 3.05) is 21.3 Å². The maximum absolute atomic E-state index is 5.23. The lowest BCUT2D eigenvalue weighted by molar-refractivity contribution is -0.120. The molecule has 0 saturated heterocycles. The van der Waals surface area contributed by atoms with Crippen LogP contribution in [0.5, 0.6) is 5.75 Å². The molecule has 0 heterocycles. The third kappa shape index (κ3) is 3.98. The van der Waals surface area contributed by atoms with Crippen LogP contribution in [0.3, 0.4) is 0 Å². The molecule has 0 amide bonds. The molecule has 4 nitrogen and oxygen atoms in total. The van der Waals surface area contributed by atoms with Crippen molar-refractivity contribution in [3.05, 3.63) is 29.8 Å². The second-order valence-corrected chi connectivity index (χ2v) is 4.29. The number of benzene rings is 1. The van der Waals surface area contributed by atoms with Crippen LogP contribution in [0.1, 0.15) is 25.5 Å². The van der Waals surface area contributed by atoms with Crippen LogP contribution in [-0.4, -0.2) is 33.7 Å². The summed E-state index contributed by atoms with van der Waals surface area (Å²) in [5, 5.41) is 3.44. The van der Waals surface area contributed by atoms with Gasteiger partial charge in [0.05, 0.1) is 13.2 Å². The van der Waals surface area contributed by atoms with Crippen LogP contribution < -0.4 is 10.1 Å². The Kier molecular flexibility index (Phi) is 6.12. The zero-order chi connectivity index (χ0) is 13.5. The number of hydrogen-bond donors (Lipinski definition) is 1. The van der Waals surface area contributed by atoms with Crippen molar-refractivity contribution < 1.29 is 14.2 Å². The van der Waals surface area contributed by atoms with Crippen molar-refractivity contribution in [1.29, 1.82) is 0 Å². The van der Waals surface area contributed by atoms with Crippen LogP contribution in [0, 0.1) is 0 Å². The molecular formula is C14H23NO3. The highest BCUT2D eigenvalue weighted by Gasteiger charge is 2.18. The van der Waals surface area contributed by atoms with E-state index in [0.29, 0.717) is 0 Å². The third-order valence-electron chi connectivity index (χ3n) is 2.98. The van der Waals surface area contributed by atoms with Crippen LogP contribution in [-0.2, 0) is 9.47 Å². The average Bonchev–Trinajstić information content (AvgIpc) is 2.40. The molecule has 0 aliphatic carbocycles. The molecule has 1 aromatic rings. The Morgan fingerprint density at radius 1 is 1.06 bits per heavy atom. The first kappa shape index (κ1) is 15.0. The van der Waals surface area contributed by atoms with Gasteiger partial charge in [0, 0.05) is 20.3 Å². The van der Waals surface area contributed by atoms with Gasteiger partial charge >= 0.3 is 0 Å². The van der Waals surface area contributed by atoms with Gasteiger partial charge in [0.25, 0.3) is 0 Å². The lowest BCUT2D eigenvalue weighted by Crippen LogP contribution is -2.40. The van der Waals surface area contributed by atoms with Gasteiger partial charge in [0.15, 0.2) is 6.29 Å². The lowest BCUT2D eigenvalue weighted by atomic mass is 10.1. The molecule has 1 N–H and O–H groups in total. The van der Waals surface area contributed by atoms with E-state index in [1.165, 1.54) is 5.56 Å². The summed E-state index contributed by atoms with van der Waals surface area (Å²) in [6.45, 7) is 4.14. The quantitative estimate of drug-likeness (QED) is 0.757. The van der Waals surface area contributed by atoms with E-state index >= 15 is 0 Å². The second kappa shape index (κ2) is 7.36. The highest BCUT2D eigenvalue weighted by molar-refractivity contribution is 5.30. The summed E-state index contributed by atoms with van der Waals surface area (Å²) in [7, 11) is 4.96.